The number of thioether (sulfide) groups is 1. The normalized spacial score (nSPS) is 17.4. The fraction of sp³-hybridized carbons (Fsp3) is 0.867. The lowest BCUT2D eigenvalue weighted by Gasteiger charge is -2.24. The quantitative estimate of drug-likeness (QED) is 0.632. The van der Waals surface area contributed by atoms with Crippen LogP contribution >= 0.6 is 11.8 Å². The van der Waals surface area contributed by atoms with E-state index in [9.17, 15) is 4.79 Å². The molecule has 0 bridgehead atoms. The standard InChI is InChI=1S/C15H29N3OS/c1-5-18(6-2)15(19)17-14(16-12(3)4)20-13-10-8-7-9-11-13/h12-13H,5-11H2,1-4H3,(H,16,17,19). The van der Waals surface area contributed by atoms with Crippen molar-refractivity contribution in [2.45, 2.75) is 71.1 Å². The van der Waals surface area contributed by atoms with Crippen molar-refractivity contribution in [1.82, 2.24) is 10.2 Å². The molecular formula is C15H29N3OS. The lowest BCUT2D eigenvalue weighted by Crippen LogP contribution is -2.42. The van der Waals surface area contributed by atoms with Crippen molar-refractivity contribution < 1.29 is 4.79 Å². The van der Waals surface area contributed by atoms with Crippen molar-refractivity contribution in [3.05, 3.63) is 0 Å². The second kappa shape index (κ2) is 9.27. The van der Waals surface area contributed by atoms with E-state index in [2.05, 4.69) is 10.3 Å². The minimum atomic E-state index is -0.0299. The zero-order chi connectivity index (χ0) is 15.0. The minimum Gasteiger partial charge on any atom is -0.325 e. The van der Waals surface area contributed by atoms with Crippen molar-refractivity contribution >= 4 is 23.0 Å². The molecule has 1 rings (SSSR count). The summed E-state index contributed by atoms with van der Waals surface area (Å²) < 4.78 is 0. The summed E-state index contributed by atoms with van der Waals surface area (Å²) in [4.78, 5) is 18.5. The number of carbonyl (C=O) groups excluding carboxylic acids is 1. The second-order valence-electron chi connectivity index (χ2n) is 5.51. The smallest absolute Gasteiger partial charge is 0.323 e. The maximum Gasteiger partial charge on any atom is 0.323 e. The molecule has 0 atom stereocenters. The zero-order valence-corrected chi connectivity index (χ0v) is 14.1. The lowest BCUT2D eigenvalue weighted by atomic mass is 10.0. The Bertz CT molecular complexity index is 321. The van der Waals surface area contributed by atoms with E-state index in [1.807, 2.05) is 27.7 Å². The van der Waals surface area contributed by atoms with Gasteiger partial charge in [0.1, 0.15) is 0 Å². The third kappa shape index (κ3) is 6.16. The molecule has 0 aromatic carbocycles. The van der Waals surface area contributed by atoms with Crippen molar-refractivity contribution in [2.24, 2.45) is 4.99 Å². The molecule has 0 heterocycles. The second-order valence-corrected chi connectivity index (χ2v) is 6.80. The Morgan fingerprint density at radius 3 is 2.35 bits per heavy atom. The minimum absolute atomic E-state index is 0.0299. The molecule has 1 fully saturated rings. The lowest BCUT2D eigenvalue weighted by molar-refractivity contribution is 0.208. The first-order valence-corrected chi connectivity index (χ1v) is 8.75. The molecule has 0 radical (unpaired) electrons. The molecule has 20 heavy (non-hydrogen) atoms. The molecule has 0 spiro atoms. The van der Waals surface area contributed by atoms with Crippen LogP contribution in [0.25, 0.3) is 0 Å². The van der Waals surface area contributed by atoms with Crippen LogP contribution in [0.1, 0.15) is 59.8 Å². The Labute approximate surface area is 127 Å². The number of carbonyl (C=O) groups is 1. The Morgan fingerprint density at radius 2 is 1.85 bits per heavy atom. The zero-order valence-electron chi connectivity index (χ0n) is 13.3. The van der Waals surface area contributed by atoms with Gasteiger partial charge in [0.25, 0.3) is 0 Å². The first kappa shape index (κ1) is 17.3. The molecular weight excluding hydrogens is 270 g/mol. The van der Waals surface area contributed by atoms with Crippen LogP contribution in [0.3, 0.4) is 0 Å². The highest BCUT2D eigenvalue weighted by atomic mass is 32.2. The number of rotatable bonds is 4. The van der Waals surface area contributed by atoms with Gasteiger partial charge in [-0.2, -0.15) is 0 Å². The Kier molecular flexibility index (Phi) is 8.04. The first-order valence-electron chi connectivity index (χ1n) is 7.87. The molecule has 1 saturated carbocycles. The third-order valence-electron chi connectivity index (χ3n) is 3.47. The largest absolute Gasteiger partial charge is 0.325 e. The van der Waals surface area contributed by atoms with Gasteiger partial charge in [0, 0.05) is 24.4 Å². The summed E-state index contributed by atoms with van der Waals surface area (Å²) in [5.74, 6) is 0. The van der Waals surface area contributed by atoms with Gasteiger partial charge in [0.2, 0.25) is 0 Å². The predicted molar refractivity (Wildman–Crippen MR) is 88.5 cm³/mol. The predicted octanol–water partition coefficient (Wildman–Crippen LogP) is 3.87. The number of amides is 2. The van der Waals surface area contributed by atoms with Crippen molar-refractivity contribution in [2.75, 3.05) is 13.1 Å². The van der Waals surface area contributed by atoms with Crippen LogP contribution < -0.4 is 5.32 Å². The van der Waals surface area contributed by atoms with E-state index in [0.717, 1.165) is 18.3 Å². The van der Waals surface area contributed by atoms with Crippen LogP contribution in [-0.4, -0.2) is 40.5 Å². The molecule has 5 heteroatoms. The molecule has 1 aliphatic rings. The first-order chi connectivity index (χ1) is 9.56. The highest BCUT2D eigenvalue weighted by molar-refractivity contribution is 8.14. The van der Waals surface area contributed by atoms with E-state index in [4.69, 9.17) is 0 Å². The fourth-order valence-electron chi connectivity index (χ4n) is 2.35. The van der Waals surface area contributed by atoms with E-state index in [1.165, 1.54) is 32.1 Å². The summed E-state index contributed by atoms with van der Waals surface area (Å²) >= 11 is 1.75. The molecule has 0 saturated heterocycles. The molecule has 116 valence electrons. The SMILES string of the molecule is CCN(CC)C(=O)NC(=NC(C)C)SC1CCCCC1. The van der Waals surface area contributed by atoms with Gasteiger partial charge in [-0.3, -0.25) is 10.3 Å². The number of urea groups is 1. The third-order valence-corrected chi connectivity index (χ3v) is 4.71. The van der Waals surface area contributed by atoms with Gasteiger partial charge in [-0.05, 0) is 40.5 Å². The summed E-state index contributed by atoms with van der Waals surface area (Å²) in [6.45, 7) is 9.54. The molecule has 1 aliphatic carbocycles. The van der Waals surface area contributed by atoms with Crippen molar-refractivity contribution in [3.63, 3.8) is 0 Å². The van der Waals surface area contributed by atoms with Gasteiger partial charge in [0.15, 0.2) is 5.17 Å². The number of hydrogen-bond donors (Lipinski definition) is 1. The highest BCUT2D eigenvalue weighted by Crippen LogP contribution is 2.28. The molecule has 0 aromatic heterocycles. The van der Waals surface area contributed by atoms with Crippen LogP contribution in [0.15, 0.2) is 4.99 Å². The molecule has 0 aliphatic heterocycles. The van der Waals surface area contributed by atoms with Gasteiger partial charge in [-0.1, -0.05) is 31.0 Å². The van der Waals surface area contributed by atoms with Crippen LogP contribution in [0.2, 0.25) is 0 Å². The van der Waals surface area contributed by atoms with Crippen LogP contribution in [0.4, 0.5) is 4.79 Å². The highest BCUT2D eigenvalue weighted by Gasteiger charge is 2.19. The van der Waals surface area contributed by atoms with E-state index in [1.54, 1.807) is 16.7 Å². The van der Waals surface area contributed by atoms with Crippen LogP contribution in [-0.2, 0) is 0 Å². The summed E-state index contributed by atoms with van der Waals surface area (Å²) in [5, 5.41) is 4.40. The Morgan fingerprint density at radius 1 is 1.25 bits per heavy atom. The van der Waals surface area contributed by atoms with Gasteiger partial charge in [0.05, 0.1) is 0 Å². The topological polar surface area (TPSA) is 44.7 Å². The number of hydrogen-bond acceptors (Lipinski definition) is 3. The van der Waals surface area contributed by atoms with E-state index in [-0.39, 0.29) is 12.1 Å². The van der Waals surface area contributed by atoms with Gasteiger partial charge in [-0.25, -0.2) is 4.79 Å². The van der Waals surface area contributed by atoms with E-state index < -0.39 is 0 Å². The number of nitrogens with one attached hydrogen (secondary N) is 1. The van der Waals surface area contributed by atoms with Gasteiger partial charge < -0.3 is 4.90 Å². The van der Waals surface area contributed by atoms with E-state index in [0.29, 0.717) is 5.25 Å². The van der Waals surface area contributed by atoms with Crippen LogP contribution in [0.5, 0.6) is 0 Å². The Balaban J connectivity index is 2.62. The molecule has 0 aromatic rings. The van der Waals surface area contributed by atoms with Crippen molar-refractivity contribution in [3.8, 4) is 0 Å². The number of amidine groups is 1. The van der Waals surface area contributed by atoms with Gasteiger partial charge >= 0.3 is 6.03 Å². The monoisotopic (exact) mass is 299 g/mol. The molecule has 1 N–H and O–H groups in total. The Hall–Kier alpha value is -0.710. The molecule has 2 amide bonds. The maximum atomic E-state index is 12.2. The number of nitrogens with zero attached hydrogens (tertiary/aromatic N) is 2. The summed E-state index contributed by atoms with van der Waals surface area (Å²) in [6.07, 6.45) is 6.43. The maximum absolute atomic E-state index is 12.2. The summed E-state index contributed by atoms with van der Waals surface area (Å²) in [5.41, 5.74) is 0. The summed E-state index contributed by atoms with van der Waals surface area (Å²) in [6, 6.07) is 0.177. The van der Waals surface area contributed by atoms with Gasteiger partial charge in [-0.15, -0.1) is 0 Å². The molecule has 0 unspecified atom stereocenters. The average Bonchev–Trinajstić information content (AvgIpc) is 2.40. The summed E-state index contributed by atoms with van der Waals surface area (Å²) in [7, 11) is 0. The molecule has 4 nitrogen and oxygen atoms in total. The number of aliphatic imine (C=N–C) groups is 1. The average molecular weight is 299 g/mol. The van der Waals surface area contributed by atoms with Crippen molar-refractivity contribution in [1.29, 1.82) is 0 Å². The fourth-order valence-corrected chi connectivity index (χ4v) is 3.65. The van der Waals surface area contributed by atoms with E-state index >= 15 is 0 Å². The van der Waals surface area contributed by atoms with Crippen LogP contribution in [0, 0.1) is 0 Å².